The predicted octanol–water partition coefficient (Wildman–Crippen LogP) is 4.46. The molecule has 6 heteroatoms. The van der Waals surface area contributed by atoms with Crippen molar-refractivity contribution >= 4 is 33.8 Å². The smallest absolute Gasteiger partial charge is 0.183 e. The van der Waals surface area contributed by atoms with Gasteiger partial charge in [-0.05, 0) is 36.4 Å². The van der Waals surface area contributed by atoms with E-state index in [4.69, 9.17) is 0 Å². The fourth-order valence-corrected chi connectivity index (χ4v) is 3.36. The molecule has 2 aliphatic heterocycles. The lowest BCUT2D eigenvalue weighted by Crippen LogP contribution is -2.00. The fourth-order valence-electron chi connectivity index (χ4n) is 3.36. The second-order valence-electron chi connectivity index (χ2n) is 6.86. The summed E-state index contributed by atoms with van der Waals surface area (Å²) in [6, 6.07) is 22.8. The first-order chi connectivity index (χ1) is 14.6. The molecule has 0 saturated heterocycles. The molecule has 0 amide bonds. The van der Waals surface area contributed by atoms with Crippen LogP contribution in [0.5, 0.6) is 5.75 Å². The number of Topliss-reactive ketones (excluding diaryl/α,β-unsaturated/α-hetero) is 2. The van der Waals surface area contributed by atoms with Crippen molar-refractivity contribution in [3.63, 3.8) is 0 Å². The van der Waals surface area contributed by atoms with Gasteiger partial charge in [0.2, 0.25) is 0 Å². The molecular weight excluding hydrogens is 378 g/mol. The number of aromatic amines is 1. The van der Waals surface area contributed by atoms with Crippen molar-refractivity contribution in [3.05, 3.63) is 90.1 Å². The molecule has 0 fully saturated rings. The third kappa shape index (κ3) is 4.03. The van der Waals surface area contributed by atoms with Crippen LogP contribution < -0.4 is 10.6 Å². The molecule has 3 heterocycles. The maximum Gasteiger partial charge on any atom is 0.183 e. The topological polar surface area (TPSA) is 94.2 Å². The number of aromatic hydroxyl groups is 1. The number of rotatable bonds is 0. The summed E-state index contributed by atoms with van der Waals surface area (Å²) < 4.78 is 0. The molecule has 6 rings (SSSR count). The Morgan fingerprint density at radius 2 is 1.17 bits per heavy atom. The van der Waals surface area contributed by atoms with Gasteiger partial charge in [0.15, 0.2) is 11.6 Å². The van der Waals surface area contributed by atoms with Gasteiger partial charge in [-0.25, -0.2) is 0 Å². The number of hydrogen-bond acceptors (Lipinski definition) is 5. The minimum Gasteiger partial charge on any atom is -0.506 e. The number of aromatic nitrogens is 1. The van der Waals surface area contributed by atoms with Crippen LogP contribution in [0.3, 0.4) is 0 Å². The normalized spacial score (nSPS) is 13.2. The molecule has 0 unspecified atom stereocenters. The Morgan fingerprint density at radius 3 is 1.70 bits per heavy atom. The number of ketones is 2. The zero-order valence-electron chi connectivity index (χ0n) is 16.2. The first kappa shape index (κ1) is 19.3. The average molecular weight is 399 g/mol. The van der Waals surface area contributed by atoms with E-state index in [0.29, 0.717) is 18.8 Å². The van der Waals surface area contributed by atoms with Crippen molar-refractivity contribution in [2.75, 3.05) is 23.7 Å². The Hall–Kier alpha value is -4.06. The Balaban J connectivity index is 0.000000109. The highest BCUT2D eigenvalue weighted by molar-refractivity contribution is 6.08. The summed E-state index contributed by atoms with van der Waals surface area (Å²) in [6.45, 7) is 0.915. The van der Waals surface area contributed by atoms with Gasteiger partial charge in [0.05, 0.1) is 13.1 Å². The van der Waals surface area contributed by atoms with Crippen LogP contribution in [0, 0.1) is 0 Å². The van der Waals surface area contributed by atoms with Crippen molar-refractivity contribution in [2.24, 2.45) is 0 Å². The molecular formula is C24H21N3O3. The minimum absolute atomic E-state index is 0.190. The lowest BCUT2D eigenvalue weighted by Gasteiger charge is -1.92. The van der Waals surface area contributed by atoms with E-state index in [1.807, 2.05) is 72.8 Å². The van der Waals surface area contributed by atoms with Crippen LogP contribution in [0.2, 0.25) is 0 Å². The van der Waals surface area contributed by atoms with Gasteiger partial charge < -0.3 is 20.7 Å². The Kier molecular flexibility index (Phi) is 5.48. The van der Waals surface area contributed by atoms with E-state index in [0.717, 1.165) is 33.4 Å². The first-order valence-corrected chi connectivity index (χ1v) is 9.61. The van der Waals surface area contributed by atoms with Gasteiger partial charge in [-0.3, -0.25) is 9.59 Å². The Labute approximate surface area is 173 Å². The number of benzene rings is 3. The van der Waals surface area contributed by atoms with Crippen molar-refractivity contribution in [1.29, 1.82) is 0 Å². The summed E-state index contributed by atoms with van der Waals surface area (Å²) in [5.41, 5.74) is 4.55. The SMILES string of the molecule is O=C1CNc2ccccc21.O=C1CNc2ccccc21.Oc1c[nH]c2ccccc12. The highest BCUT2D eigenvalue weighted by atomic mass is 16.3. The predicted molar refractivity (Wildman–Crippen MR) is 118 cm³/mol. The summed E-state index contributed by atoms with van der Waals surface area (Å²) in [5, 5.41) is 16.1. The van der Waals surface area contributed by atoms with E-state index < -0.39 is 0 Å². The fraction of sp³-hybridized carbons (Fsp3) is 0.0833. The lowest BCUT2D eigenvalue weighted by molar-refractivity contribution is 0.101. The van der Waals surface area contributed by atoms with Crippen LogP contribution in [0.1, 0.15) is 20.7 Å². The second-order valence-corrected chi connectivity index (χ2v) is 6.86. The molecule has 4 N–H and O–H groups in total. The number of carbonyl (C=O) groups excluding carboxylic acids is 2. The molecule has 0 spiro atoms. The first-order valence-electron chi connectivity index (χ1n) is 9.61. The molecule has 3 aromatic carbocycles. The maximum atomic E-state index is 11.0. The molecule has 150 valence electrons. The molecule has 4 aromatic rings. The zero-order valence-corrected chi connectivity index (χ0v) is 16.2. The van der Waals surface area contributed by atoms with Crippen LogP contribution in [-0.2, 0) is 0 Å². The average Bonchev–Trinajstić information content (AvgIpc) is 3.48. The van der Waals surface area contributed by atoms with E-state index in [-0.39, 0.29) is 11.6 Å². The van der Waals surface area contributed by atoms with Gasteiger partial charge in [0.25, 0.3) is 0 Å². The molecule has 0 radical (unpaired) electrons. The van der Waals surface area contributed by atoms with E-state index >= 15 is 0 Å². The van der Waals surface area contributed by atoms with Gasteiger partial charge >= 0.3 is 0 Å². The van der Waals surface area contributed by atoms with Crippen molar-refractivity contribution in [1.82, 2.24) is 4.98 Å². The number of nitrogens with one attached hydrogen (secondary N) is 3. The lowest BCUT2D eigenvalue weighted by atomic mass is 10.1. The maximum absolute atomic E-state index is 11.0. The number of H-pyrrole nitrogens is 1. The van der Waals surface area contributed by atoms with E-state index in [2.05, 4.69) is 15.6 Å². The molecule has 6 nitrogen and oxygen atoms in total. The van der Waals surface area contributed by atoms with Crippen molar-refractivity contribution in [2.45, 2.75) is 0 Å². The number of anilines is 2. The molecule has 0 saturated carbocycles. The zero-order chi connectivity index (χ0) is 20.9. The van der Waals surface area contributed by atoms with Crippen LogP contribution in [0.4, 0.5) is 11.4 Å². The number of fused-ring (bicyclic) bond motifs is 3. The monoisotopic (exact) mass is 399 g/mol. The van der Waals surface area contributed by atoms with Gasteiger partial charge in [-0.15, -0.1) is 0 Å². The molecule has 0 atom stereocenters. The summed E-state index contributed by atoms with van der Waals surface area (Å²) in [4.78, 5) is 24.9. The number of carbonyl (C=O) groups is 2. The highest BCUT2D eigenvalue weighted by Crippen LogP contribution is 2.23. The summed E-state index contributed by atoms with van der Waals surface area (Å²) in [6.07, 6.45) is 1.59. The molecule has 30 heavy (non-hydrogen) atoms. The number of para-hydroxylation sites is 3. The molecule has 2 aliphatic rings. The molecule has 1 aromatic heterocycles. The van der Waals surface area contributed by atoms with Crippen LogP contribution in [0.15, 0.2) is 79.0 Å². The van der Waals surface area contributed by atoms with E-state index in [1.165, 1.54) is 0 Å². The number of hydrogen-bond donors (Lipinski definition) is 4. The van der Waals surface area contributed by atoms with Gasteiger partial charge in [0, 0.05) is 39.6 Å². The summed E-state index contributed by atoms with van der Waals surface area (Å²) in [5.74, 6) is 0.696. The molecule has 0 aliphatic carbocycles. The van der Waals surface area contributed by atoms with Gasteiger partial charge in [-0.2, -0.15) is 0 Å². The third-order valence-corrected chi connectivity index (χ3v) is 4.90. The van der Waals surface area contributed by atoms with Crippen LogP contribution >= 0.6 is 0 Å². The van der Waals surface area contributed by atoms with E-state index in [9.17, 15) is 14.7 Å². The van der Waals surface area contributed by atoms with Crippen LogP contribution in [0.25, 0.3) is 10.9 Å². The van der Waals surface area contributed by atoms with E-state index in [1.54, 1.807) is 6.20 Å². The molecule has 0 bridgehead atoms. The van der Waals surface area contributed by atoms with Gasteiger partial charge in [0.1, 0.15) is 5.75 Å². The summed E-state index contributed by atoms with van der Waals surface area (Å²) >= 11 is 0. The quantitative estimate of drug-likeness (QED) is 0.350. The highest BCUT2D eigenvalue weighted by Gasteiger charge is 2.17. The third-order valence-electron chi connectivity index (χ3n) is 4.90. The second kappa shape index (κ2) is 8.53. The van der Waals surface area contributed by atoms with Gasteiger partial charge in [-0.1, -0.05) is 36.4 Å². The summed E-state index contributed by atoms with van der Waals surface area (Å²) in [7, 11) is 0. The standard InChI is InChI=1S/3C8H7NO/c3*10-8-5-9-7-4-2-1-3-6(7)8/h2*1-4,9H,5H2;1-5,9-10H. The van der Waals surface area contributed by atoms with Crippen LogP contribution in [-0.4, -0.2) is 34.7 Å². The van der Waals surface area contributed by atoms with Crippen molar-refractivity contribution in [3.8, 4) is 5.75 Å². The Bertz CT molecular complexity index is 1150. The largest absolute Gasteiger partial charge is 0.506 e. The van der Waals surface area contributed by atoms with Crippen molar-refractivity contribution < 1.29 is 14.7 Å². The minimum atomic E-state index is 0.190. The Morgan fingerprint density at radius 1 is 0.667 bits per heavy atom.